The van der Waals surface area contributed by atoms with Gasteiger partial charge in [-0.25, -0.2) is 9.48 Å². The Bertz CT molecular complexity index is 1030. The molecule has 2 aromatic heterocycles. The summed E-state index contributed by atoms with van der Waals surface area (Å²) in [4.78, 5) is 24.6. The highest BCUT2D eigenvalue weighted by molar-refractivity contribution is 6.31. The molecule has 1 N–H and O–H groups in total. The van der Waals surface area contributed by atoms with Crippen LogP contribution in [-0.2, 0) is 9.53 Å². The maximum atomic E-state index is 12.4. The number of carbonyl (C=O) groups excluding carboxylic acids is 2. The molecule has 0 aliphatic heterocycles. The van der Waals surface area contributed by atoms with Gasteiger partial charge < -0.3 is 14.5 Å². The normalized spacial score (nSPS) is 14.5. The van der Waals surface area contributed by atoms with Gasteiger partial charge in [0.15, 0.2) is 6.61 Å². The Balaban J connectivity index is 1.39. The van der Waals surface area contributed by atoms with E-state index < -0.39 is 18.5 Å². The molecular weight excluding hydrogens is 382 g/mol. The zero-order valence-electron chi connectivity index (χ0n) is 15.4. The molecule has 0 spiro atoms. The third kappa shape index (κ3) is 3.62. The van der Waals surface area contributed by atoms with Gasteiger partial charge in [-0.15, -0.1) is 0 Å². The zero-order chi connectivity index (χ0) is 19.7. The average molecular weight is 402 g/mol. The monoisotopic (exact) mass is 401 g/mol. The van der Waals surface area contributed by atoms with E-state index in [1.165, 1.54) is 0 Å². The van der Waals surface area contributed by atoms with Gasteiger partial charge in [-0.3, -0.25) is 4.79 Å². The summed E-state index contributed by atoms with van der Waals surface area (Å²) in [5.74, 6) is -0.433. The number of nitrogens with zero attached hydrogens (tertiary/aromatic N) is 2. The van der Waals surface area contributed by atoms with Crippen molar-refractivity contribution < 1.29 is 18.7 Å². The van der Waals surface area contributed by atoms with Gasteiger partial charge in [0.25, 0.3) is 5.91 Å². The van der Waals surface area contributed by atoms with E-state index in [9.17, 15) is 9.59 Å². The number of ether oxygens (including phenoxy) is 1. The van der Waals surface area contributed by atoms with E-state index in [-0.39, 0.29) is 5.76 Å². The summed E-state index contributed by atoms with van der Waals surface area (Å²) >= 11 is 5.99. The van der Waals surface area contributed by atoms with E-state index in [1.807, 2.05) is 4.68 Å². The molecule has 1 aliphatic carbocycles. The maximum absolute atomic E-state index is 12.4. The van der Waals surface area contributed by atoms with Crippen molar-refractivity contribution in [2.75, 3.05) is 11.9 Å². The number of fused-ring (bicyclic) bond motifs is 1. The van der Waals surface area contributed by atoms with Gasteiger partial charge in [-0.1, -0.05) is 24.4 Å². The quantitative estimate of drug-likeness (QED) is 0.636. The number of carbonyl (C=O) groups is 2. The Morgan fingerprint density at radius 1 is 1.32 bits per heavy atom. The van der Waals surface area contributed by atoms with Crippen LogP contribution in [0.3, 0.4) is 0 Å². The number of aryl methyl sites for hydroxylation is 1. The van der Waals surface area contributed by atoms with Gasteiger partial charge in [-0.2, -0.15) is 5.10 Å². The van der Waals surface area contributed by atoms with Gasteiger partial charge in [-0.05, 0) is 38.0 Å². The van der Waals surface area contributed by atoms with Crippen LogP contribution in [0.25, 0.3) is 11.0 Å². The molecule has 1 saturated carbocycles. The summed E-state index contributed by atoms with van der Waals surface area (Å²) in [6, 6.07) is 7.15. The summed E-state index contributed by atoms with van der Waals surface area (Å²) in [5, 5.41) is 8.36. The molecule has 7 nitrogen and oxygen atoms in total. The van der Waals surface area contributed by atoms with E-state index in [2.05, 4.69) is 10.4 Å². The van der Waals surface area contributed by atoms with E-state index >= 15 is 0 Å². The Hall–Kier alpha value is -2.80. The summed E-state index contributed by atoms with van der Waals surface area (Å²) < 4.78 is 12.5. The molecule has 3 aromatic rings. The molecule has 0 atom stereocenters. The second-order valence-electron chi connectivity index (χ2n) is 6.92. The lowest BCUT2D eigenvalue weighted by molar-refractivity contribution is -0.119. The average Bonchev–Trinajstić information content (AvgIpc) is 3.41. The predicted octanol–water partition coefficient (Wildman–Crippen LogP) is 4.50. The molecule has 1 fully saturated rings. The van der Waals surface area contributed by atoms with Crippen LogP contribution < -0.4 is 5.32 Å². The maximum Gasteiger partial charge on any atom is 0.375 e. The Morgan fingerprint density at radius 2 is 2.11 bits per heavy atom. The molecule has 1 aromatic carbocycles. The fourth-order valence-corrected chi connectivity index (χ4v) is 3.79. The minimum atomic E-state index is -0.690. The van der Waals surface area contributed by atoms with Crippen LogP contribution in [-0.4, -0.2) is 28.3 Å². The molecule has 4 rings (SSSR count). The van der Waals surface area contributed by atoms with E-state index in [1.54, 1.807) is 37.4 Å². The number of hydrogen-bond donors (Lipinski definition) is 1. The minimum Gasteiger partial charge on any atom is -0.450 e. The Kier molecular flexibility index (Phi) is 5.09. The summed E-state index contributed by atoms with van der Waals surface area (Å²) in [6.07, 6.45) is 6.09. The number of aromatic nitrogens is 2. The number of benzene rings is 1. The van der Waals surface area contributed by atoms with Crippen LogP contribution in [0.5, 0.6) is 0 Å². The lowest BCUT2D eigenvalue weighted by atomic mass is 10.1. The van der Waals surface area contributed by atoms with Crippen molar-refractivity contribution in [3.05, 3.63) is 46.8 Å². The van der Waals surface area contributed by atoms with Crippen molar-refractivity contribution in [1.82, 2.24) is 9.78 Å². The van der Waals surface area contributed by atoms with Crippen LogP contribution in [0, 0.1) is 6.92 Å². The highest BCUT2D eigenvalue weighted by atomic mass is 35.5. The van der Waals surface area contributed by atoms with Gasteiger partial charge >= 0.3 is 5.97 Å². The first-order valence-corrected chi connectivity index (χ1v) is 9.60. The van der Waals surface area contributed by atoms with Crippen molar-refractivity contribution >= 4 is 40.3 Å². The lowest BCUT2D eigenvalue weighted by Gasteiger charge is -2.14. The number of amides is 1. The Labute approximate surface area is 166 Å². The number of furan rings is 1. The fourth-order valence-electron chi connectivity index (χ4n) is 3.62. The van der Waals surface area contributed by atoms with Gasteiger partial charge in [0.1, 0.15) is 11.4 Å². The predicted molar refractivity (Wildman–Crippen MR) is 105 cm³/mol. The molecule has 1 aliphatic rings. The largest absolute Gasteiger partial charge is 0.450 e. The molecule has 0 radical (unpaired) electrons. The third-order valence-corrected chi connectivity index (χ3v) is 5.26. The molecule has 0 unspecified atom stereocenters. The van der Waals surface area contributed by atoms with Gasteiger partial charge in [0.2, 0.25) is 5.76 Å². The van der Waals surface area contributed by atoms with Crippen LogP contribution in [0.2, 0.25) is 5.02 Å². The van der Waals surface area contributed by atoms with Crippen LogP contribution in [0.15, 0.2) is 34.9 Å². The molecule has 8 heteroatoms. The van der Waals surface area contributed by atoms with E-state index in [4.69, 9.17) is 20.8 Å². The second-order valence-corrected chi connectivity index (χ2v) is 7.36. The molecule has 1 amide bonds. The molecule has 146 valence electrons. The van der Waals surface area contributed by atoms with Gasteiger partial charge in [0.05, 0.1) is 12.2 Å². The topological polar surface area (TPSA) is 86.4 Å². The molecule has 2 heterocycles. The summed E-state index contributed by atoms with van der Waals surface area (Å²) in [6.45, 7) is 1.34. The first kappa shape index (κ1) is 18.6. The first-order valence-electron chi connectivity index (χ1n) is 9.22. The number of nitrogens with one attached hydrogen (secondary N) is 1. The lowest BCUT2D eigenvalue weighted by Crippen LogP contribution is -2.23. The van der Waals surface area contributed by atoms with Crippen LogP contribution >= 0.6 is 11.6 Å². The molecule has 0 bridgehead atoms. The third-order valence-electron chi connectivity index (χ3n) is 5.03. The highest BCUT2D eigenvalue weighted by Crippen LogP contribution is 2.31. The van der Waals surface area contributed by atoms with E-state index in [0.29, 0.717) is 28.0 Å². The first-order chi connectivity index (χ1) is 13.5. The van der Waals surface area contributed by atoms with Crippen molar-refractivity contribution in [3.8, 4) is 0 Å². The number of anilines is 1. The standard InChI is InChI=1S/C20H20ClN3O4/c1-12-15-10-13(21)6-7-16(15)28-19(12)20(26)27-11-18(25)23-17-8-9-22-24(17)14-4-2-3-5-14/h6-10,14H,2-5,11H2,1H3,(H,23,25). The smallest absolute Gasteiger partial charge is 0.375 e. The summed E-state index contributed by atoms with van der Waals surface area (Å²) in [7, 11) is 0. The Morgan fingerprint density at radius 3 is 2.89 bits per heavy atom. The number of rotatable bonds is 5. The fraction of sp³-hybridized carbons (Fsp3) is 0.350. The van der Waals surface area contributed by atoms with Crippen molar-refractivity contribution in [3.63, 3.8) is 0 Å². The van der Waals surface area contributed by atoms with Crippen molar-refractivity contribution in [2.45, 2.75) is 38.6 Å². The molecule has 28 heavy (non-hydrogen) atoms. The van der Waals surface area contributed by atoms with Crippen LogP contribution in [0.1, 0.15) is 47.8 Å². The number of esters is 1. The molecular formula is C20H20ClN3O4. The van der Waals surface area contributed by atoms with Crippen LogP contribution in [0.4, 0.5) is 5.82 Å². The van der Waals surface area contributed by atoms with Gasteiger partial charge in [0, 0.05) is 22.0 Å². The number of halogens is 1. The minimum absolute atomic E-state index is 0.0704. The molecule has 0 saturated heterocycles. The van der Waals surface area contributed by atoms with Crippen molar-refractivity contribution in [2.24, 2.45) is 0 Å². The summed E-state index contributed by atoms with van der Waals surface area (Å²) in [5.41, 5.74) is 1.17. The second kappa shape index (κ2) is 7.67. The SMILES string of the molecule is Cc1c(C(=O)OCC(=O)Nc2ccnn2C2CCCC2)oc2ccc(Cl)cc12. The van der Waals surface area contributed by atoms with E-state index in [0.717, 1.165) is 31.1 Å². The number of hydrogen-bond acceptors (Lipinski definition) is 5. The zero-order valence-corrected chi connectivity index (χ0v) is 16.2. The highest BCUT2D eigenvalue weighted by Gasteiger charge is 2.22. The van der Waals surface area contributed by atoms with Crippen molar-refractivity contribution in [1.29, 1.82) is 0 Å².